The van der Waals surface area contributed by atoms with Gasteiger partial charge in [-0.3, -0.25) is 4.79 Å². The average Bonchev–Trinajstić information content (AvgIpc) is 2.66. The summed E-state index contributed by atoms with van der Waals surface area (Å²) < 4.78 is 11.1. The van der Waals surface area contributed by atoms with Crippen molar-refractivity contribution < 1.29 is 19.1 Å². The fourth-order valence-electron chi connectivity index (χ4n) is 5.36. The van der Waals surface area contributed by atoms with Gasteiger partial charge in [0, 0.05) is 18.9 Å². The SMILES string of the molecule is C=C1CCC[C@]2(C)CC[C@@H](C(C)C)[C@H](OC(=O)/C=C\c3ccc(OC(C)=O)cc3)[C@@H]12. The minimum absolute atomic E-state index is 0.111. The molecular weight excluding hydrogens is 376 g/mol. The lowest BCUT2D eigenvalue weighted by Gasteiger charge is -2.53. The zero-order valence-corrected chi connectivity index (χ0v) is 18.6. The van der Waals surface area contributed by atoms with Crippen molar-refractivity contribution in [1.29, 1.82) is 0 Å². The van der Waals surface area contributed by atoms with Gasteiger partial charge in [-0.1, -0.05) is 45.1 Å². The number of hydrogen-bond acceptors (Lipinski definition) is 4. The minimum atomic E-state index is -0.356. The van der Waals surface area contributed by atoms with Gasteiger partial charge in [0.2, 0.25) is 0 Å². The van der Waals surface area contributed by atoms with Crippen molar-refractivity contribution in [2.75, 3.05) is 0 Å². The summed E-state index contributed by atoms with van der Waals surface area (Å²) >= 11 is 0. The van der Waals surface area contributed by atoms with Gasteiger partial charge >= 0.3 is 11.9 Å². The van der Waals surface area contributed by atoms with Crippen molar-refractivity contribution in [3.63, 3.8) is 0 Å². The normalized spacial score (nSPS) is 29.0. The predicted molar refractivity (Wildman–Crippen MR) is 119 cm³/mol. The third-order valence-electron chi connectivity index (χ3n) is 6.90. The Morgan fingerprint density at radius 3 is 2.53 bits per heavy atom. The molecule has 4 nitrogen and oxygen atoms in total. The molecule has 2 saturated carbocycles. The Bertz CT molecular complexity index is 820. The molecule has 0 aromatic heterocycles. The lowest BCUT2D eigenvalue weighted by atomic mass is 9.54. The number of carbonyl (C=O) groups excluding carboxylic acids is 2. The molecule has 0 unspecified atom stereocenters. The molecule has 0 spiro atoms. The molecule has 4 heteroatoms. The zero-order chi connectivity index (χ0) is 21.9. The van der Waals surface area contributed by atoms with E-state index in [4.69, 9.17) is 9.47 Å². The quantitative estimate of drug-likeness (QED) is 0.260. The fourth-order valence-corrected chi connectivity index (χ4v) is 5.36. The lowest BCUT2D eigenvalue weighted by Crippen LogP contribution is -2.50. The predicted octanol–water partition coefficient (Wildman–Crippen LogP) is 5.97. The van der Waals surface area contributed by atoms with Crippen LogP contribution in [-0.2, 0) is 14.3 Å². The molecule has 0 bridgehead atoms. The van der Waals surface area contributed by atoms with Crippen LogP contribution in [0.5, 0.6) is 5.75 Å². The molecule has 1 aromatic carbocycles. The average molecular weight is 411 g/mol. The third-order valence-corrected chi connectivity index (χ3v) is 6.90. The Morgan fingerprint density at radius 1 is 1.20 bits per heavy atom. The molecule has 0 saturated heterocycles. The van der Waals surface area contributed by atoms with Gasteiger partial charge in [0.25, 0.3) is 0 Å². The molecule has 1 aromatic rings. The fraction of sp³-hybridized carbons (Fsp3) is 0.538. The van der Waals surface area contributed by atoms with Crippen LogP contribution in [0, 0.1) is 23.2 Å². The number of fused-ring (bicyclic) bond motifs is 1. The summed E-state index contributed by atoms with van der Waals surface area (Å²) in [6.45, 7) is 12.5. The van der Waals surface area contributed by atoms with E-state index in [0.717, 1.165) is 18.4 Å². The second kappa shape index (κ2) is 9.20. The van der Waals surface area contributed by atoms with Crippen molar-refractivity contribution in [2.24, 2.45) is 23.2 Å². The van der Waals surface area contributed by atoms with Crippen molar-refractivity contribution in [2.45, 2.75) is 65.9 Å². The summed E-state index contributed by atoms with van der Waals surface area (Å²) in [5.74, 6) is 0.882. The molecule has 3 rings (SSSR count). The third kappa shape index (κ3) is 5.03. The molecule has 162 valence electrons. The zero-order valence-electron chi connectivity index (χ0n) is 18.6. The Hall–Kier alpha value is -2.36. The first kappa shape index (κ1) is 22.3. The Morgan fingerprint density at radius 2 is 1.90 bits per heavy atom. The van der Waals surface area contributed by atoms with E-state index in [1.807, 2.05) is 0 Å². The first-order valence-corrected chi connectivity index (χ1v) is 11.0. The molecule has 0 amide bonds. The molecule has 2 aliphatic carbocycles. The van der Waals surface area contributed by atoms with Crippen molar-refractivity contribution in [3.05, 3.63) is 48.1 Å². The van der Waals surface area contributed by atoms with Gasteiger partial charge in [0.1, 0.15) is 11.9 Å². The summed E-state index contributed by atoms with van der Waals surface area (Å²) in [6.07, 6.45) is 8.79. The van der Waals surface area contributed by atoms with Crippen molar-refractivity contribution >= 4 is 18.0 Å². The Labute approximate surface area is 180 Å². The van der Waals surface area contributed by atoms with E-state index in [-0.39, 0.29) is 29.4 Å². The summed E-state index contributed by atoms with van der Waals surface area (Å²) in [5, 5.41) is 0. The second-order valence-corrected chi connectivity index (χ2v) is 9.49. The summed E-state index contributed by atoms with van der Waals surface area (Å²) in [7, 11) is 0. The van der Waals surface area contributed by atoms with Crippen LogP contribution >= 0.6 is 0 Å². The smallest absolute Gasteiger partial charge is 0.331 e. The molecular formula is C26H34O4. The lowest BCUT2D eigenvalue weighted by molar-refractivity contribution is -0.159. The highest BCUT2D eigenvalue weighted by Crippen LogP contribution is 2.55. The number of rotatable bonds is 5. The van der Waals surface area contributed by atoms with Crippen LogP contribution in [0.25, 0.3) is 6.08 Å². The second-order valence-electron chi connectivity index (χ2n) is 9.49. The van der Waals surface area contributed by atoms with E-state index in [0.29, 0.717) is 17.6 Å². The number of esters is 2. The van der Waals surface area contributed by atoms with Crippen LogP contribution in [0.1, 0.15) is 65.4 Å². The van der Waals surface area contributed by atoms with E-state index in [1.165, 1.54) is 37.8 Å². The maximum Gasteiger partial charge on any atom is 0.331 e. The summed E-state index contributed by atoms with van der Waals surface area (Å²) in [6, 6.07) is 7.03. The number of carbonyl (C=O) groups is 2. The highest BCUT2D eigenvalue weighted by atomic mass is 16.5. The van der Waals surface area contributed by atoms with Crippen LogP contribution in [0.4, 0.5) is 0 Å². The van der Waals surface area contributed by atoms with E-state index in [2.05, 4.69) is 27.4 Å². The number of benzene rings is 1. The number of ether oxygens (including phenoxy) is 2. The van der Waals surface area contributed by atoms with Crippen LogP contribution in [0.2, 0.25) is 0 Å². The van der Waals surface area contributed by atoms with Crippen molar-refractivity contribution in [3.8, 4) is 5.75 Å². The maximum absolute atomic E-state index is 12.7. The van der Waals surface area contributed by atoms with Crippen LogP contribution < -0.4 is 4.74 Å². The Kier molecular flexibility index (Phi) is 6.84. The van der Waals surface area contributed by atoms with Crippen LogP contribution in [-0.4, -0.2) is 18.0 Å². The minimum Gasteiger partial charge on any atom is -0.458 e. The summed E-state index contributed by atoms with van der Waals surface area (Å²) in [4.78, 5) is 23.8. The summed E-state index contributed by atoms with van der Waals surface area (Å²) in [5.41, 5.74) is 2.28. The van der Waals surface area contributed by atoms with Gasteiger partial charge < -0.3 is 9.47 Å². The molecule has 4 atom stereocenters. The maximum atomic E-state index is 12.7. The Balaban J connectivity index is 1.72. The molecule has 2 fully saturated rings. The first-order chi connectivity index (χ1) is 14.2. The molecule has 0 radical (unpaired) electrons. The highest BCUT2D eigenvalue weighted by molar-refractivity contribution is 5.87. The van der Waals surface area contributed by atoms with E-state index in [1.54, 1.807) is 30.3 Å². The van der Waals surface area contributed by atoms with Crippen LogP contribution in [0.3, 0.4) is 0 Å². The highest BCUT2D eigenvalue weighted by Gasteiger charge is 2.51. The van der Waals surface area contributed by atoms with Gasteiger partial charge in [-0.15, -0.1) is 0 Å². The van der Waals surface area contributed by atoms with E-state index >= 15 is 0 Å². The van der Waals surface area contributed by atoms with Gasteiger partial charge in [-0.2, -0.15) is 0 Å². The number of hydrogen-bond donors (Lipinski definition) is 0. The molecule has 0 N–H and O–H groups in total. The van der Waals surface area contributed by atoms with Gasteiger partial charge in [-0.05, 0) is 73.1 Å². The molecule has 0 heterocycles. The topological polar surface area (TPSA) is 52.6 Å². The standard InChI is InChI=1S/C26H34O4/c1-17(2)22-14-16-26(5)15-6-7-18(3)24(26)25(22)30-23(28)13-10-20-8-11-21(12-9-20)29-19(4)27/h8-13,17,22,24-25H,3,6-7,14-16H2,1-2,4-5H3/b13-10-/t22-,24+,25-,26+/m0/s1. The largest absolute Gasteiger partial charge is 0.458 e. The first-order valence-electron chi connectivity index (χ1n) is 11.0. The van der Waals surface area contributed by atoms with Gasteiger partial charge in [0.05, 0.1) is 0 Å². The van der Waals surface area contributed by atoms with Gasteiger partial charge in [0.15, 0.2) is 0 Å². The van der Waals surface area contributed by atoms with E-state index in [9.17, 15) is 9.59 Å². The van der Waals surface area contributed by atoms with Gasteiger partial charge in [-0.25, -0.2) is 4.79 Å². The molecule has 2 aliphatic rings. The van der Waals surface area contributed by atoms with E-state index < -0.39 is 0 Å². The monoisotopic (exact) mass is 410 g/mol. The van der Waals surface area contributed by atoms with Crippen LogP contribution in [0.15, 0.2) is 42.5 Å². The molecule has 0 aliphatic heterocycles. The van der Waals surface area contributed by atoms with Crippen molar-refractivity contribution in [1.82, 2.24) is 0 Å². The molecule has 30 heavy (non-hydrogen) atoms.